The molecule has 13 heavy (non-hydrogen) atoms. The maximum Gasteiger partial charge on any atom is 0.111 e. The quantitative estimate of drug-likeness (QED) is 0.705. The fourth-order valence-electron chi connectivity index (χ4n) is 1.40. The van der Waals surface area contributed by atoms with E-state index in [1.54, 1.807) is 0 Å². The van der Waals surface area contributed by atoms with Crippen molar-refractivity contribution in [1.82, 2.24) is 9.55 Å². The molecule has 0 aliphatic rings. The Morgan fingerprint density at radius 3 is 2.85 bits per heavy atom. The molecule has 0 saturated carbocycles. The van der Waals surface area contributed by atoms with Crippen molar-refractivity contribution in [2.45, 2.75) is 39.2 Å². The second kappa shape index (κ2) is 5.02. The van der Waals surface area contributed by atoms with E-state index in [1.165, 1.54) is 0 Å². The van der Waals surface area contributed by atoms with Gasteiger partial charge in [-0.2, -0.15) is 0 Å². The molecule has 3 nitrogen and oxygen atoms in total. The molecule has 0 radical (unpaired) electrons. The average molecular weight is 182 g/mol. The van der Waals surface area contributed by atoms with Crippen LogP contribution in [0.4, 0.5) is 0 Å². The van der Waals surface area contributed by atoms with Gasteiger partial charge in [0.1, 0.15) is 5.82 Å². The van der Waals surface area contributed by atoms with Gasteiger partial charge in [-0.05, 0) is 12.8 Å². The standard InChI is InChI=1S/C10H18N2O/c1-9(2)10-11-5-7-12(10)6-3-4-8-13/h5,7,9,13H,3-4,6,8H2,1-2H3. The molecule has 0 amide bonds. The van der Waals surface area contributed by atoms with Crippen molar-refractivity contribution in [3.8, 4) is 0 Å². The summed E-state index contributed by atoms with van der Waals surface area (Å²) in [5, 5.41) is 8.65. The van der Waals surface area contributed by atoms with Gasteiger partial charge in [0.25, 0.3) is 0 Å². The molecule has 3 heteroatoms. The van der Waals surface area contributed by atoms with E-state index in [0.717, 1.165) is 25.2 Å². The van der Waals surface area contributed by atoms with Crippen LogP contribution < -0.4 is 0 Å². The van der Waals surface area contributed by atoms with Crippen molar-refractivity contribution < 1.29 is 5.11 Å². The number of hydrogen-bond donors (Lipinski definition) is 1. The van der Waals surface area contributed by atoms with Gasteiger partial charge in [0.2, 0.25) is 0 Å². The number of nitrogens with zero attached hydrogens (tertiary/aromatic N) is 2. The molecule has 0 aliphatic carbocycles. The third-order valence-electron chi connectivity index (χ3n) is 2.07. The van der Waals surface area contributed by atoms with Gasteiger partial charge >= 0.3 is 0 Å². The summed E-state index contributed by atoms with van der Waals surface area (Å²) in [6, 6.07) is 0. The van der Waals surface area contributed by atoms with E-state index in [-0.39, 0.29) is 6.61 Å². The normalized spacial score (nSPS) is 11.1. The molecule has 74 valence electrons. The number of aliphatic hydroxyl groups is 1. The maximum absolute atomic E-state index is 8.65. The topological polar surface area (TPSA) is 38.0 Å². The molecule has 1 heterocycles. The van der Waals surface area contributed by atoms with Crippen LogP contribution in [0, 0.1) is 0 Å². The van der Waals surface area contributed by atoms with Crippen molar-refractivity contribution in [2.24, 2.45) is 0 Å². The lowest BCUT2D eigenvalue weighted by atomic mass is 10.2. The molecular weight excluding hydrogens is 164 g/mol. The number of unbranched alkanes of at least 4 members (excludes halogenated alkanes) is 1. The number of aryl methyl sites for hydroxylation is 1. The lowest BCUT2D eigenvalue weighted by molar-refractivity contribution is 0.281. The van der Waals surface area contributed by atoms with E-state index in [2.05, 4.69) is 23.4 Å². The fourth-order valence-corrected chi connectivity index (χ4v) is 1.40. The maximum atomic E-state index is 8.65. The first kappa shape index (κ1) is 10.3. The van der Waals surface area contributed by atoms with Gasteiger partial charge < -0.3 is 9.67 Å². The highest BCUT2D eigenvalue weighted by Gasteiger charge is 2.05. The highest BCUT2D eigenvalue weighted by molar-refractivity contribution is 4.97. The van der Waals surface area contributed by atoms with Crippen molar-refractivity contribution in [3.05, 3.63) is 18.2 Å². The van der Waals surface area contributed by atoms with Gasteiger partial charge in [-0.1, -0.05) is 13.8 Å². The van der Waals surface area contributed by atoms with Gasteiger partial charge in [-0.15, -0.1) is 0 Å². The van der Waals surface area contributed by atoms with E-state index in [1.807, 2.05) is 12.4 Å². The van der Waals surface area contributed by atoms with E-state index in [9.17, 15) is 0 Å². The number of rotatable bonds is 5. The third-order valence-corrected chi connectivity index (χ3v) is 2.07. The van der Waals surface area contributed by atoms with Crippen LogP contribution in [0.2, 0.25) is 0 Å². The average Bonchev–Trinajstić information content (AvgIpc) is 2.53. The van der Waals surface area contributed by atoms with E-state index in [4.69, 9.17) is 5.11 Å². The third kappa shape index (κ3) is 2.84. The number of hydrogen-bond acceptors (Lipinski definition) is 2. The first-order valence-electron chi connectivity index (χ1n) is 4.87. The summed E-state index contributed by atoms with van der Waals surface area (Å²) in [7, 11) is 0. The number of imidazole rings is 1. The molecule has 1 rings (SSSR count). The first-order valence-corrected chi connectivity index (χ1v) is 4.87. The number of aromatic nitrogens is 2. The molecule has 0 aromatic carbocycles. The van der Waals surface area contributed by atoms with Crippen LogP contribution in [0.1, 0.15) is 38.4 Å². The summed E-state index contributed by atoms with van der Waals surface area (Å²) in [4.78, 5) is 4.29. The molecule has 0 unspecified atom stereocenters. The van der Waals surface area contributed by atoms with Crippen molar-refractivity contribution >= 4 is 0 Å². The van der Waals surface area contributed by atoms with Crippen molar-refractivity contribution in [2.75, 3.05) is 6.61 Å². The largest absolute Gasteiger partial charge is 0.396 e. The smallest absolute Gasteiger partial charge is 0.111 e. The molecule has 0 spiro atoms. The van der Waals surface area contributed by atoms with Crippen LogP contribution >= 0.6 is 0 Å². The molecule has 0 fully saturated rings. The summed E-state index contributed by atoms with van der Waals surface area (Å²) >= 11 is 0. The summed E-state index contributed by atoms with van der Waals surface area (Å²) in [5.41, 5.74) is 0. The Morgan fingerprint density at radius 2 is 2.23 bits per heavy atom. The molecule has 0 aliphatic heterocycles. The van der Waals surface area contributed by atoms with Gasteiger partial charge in [0.05, 0.1) is 0 Å². The Balaban J connectivity index is 2.50. The Hall–Kier alpha value is -0.830. The van der Waals surface area contributed by atoms with E-state index in [0.29, 0.717) is 5.92 Å². The molecule has 0 bridgehead atoms. The van der Waals surface area contributed by atoms with Gasteiger partial charge in [0, 0.05) is 31.5 Å². The highest BCUT2D eigenvalue weighted by atomic mass is 16.2. The zero-order valence-corrected chi connectivity index (χ0v) is 8.40. The Morgan fingerprint density at radius 1 is 1.46 bits per heavy atom. The Kier molecular flexibility index (Phi) is 3.96. The van der Waals surface area contributed by atoms with Crippen LogP contribution in [0.3, 0.4) is 0 Å². The predicted octanol–water partition coefficient (Wildman–Crippen LogP) is 1.78. The monoisotopic (exact) mass is 182 g/mol. The summed E-state index contributed by atoms with van der Waals surface area (Å²) in [6.45, 7) is 5.54. The zero-order valence-electron chi connectivity index (χ0n) is 8.40. The molecular formula is C10H18N2O. The summed E-state index contributed by atoms with van der Waals surface area (Å²) < 4.78 is 2.17. The number of aliphatic hydroxyl groups excluding tert-OH is 1. The highest BCUT2D eigenvalue weighted by Crippen LogP contribution is 2.12. The van der Waals surface area contributed by atoms with Crippen molar-refractivity contribution in [3.63, 3.8) is 0 Å². The second-order valence-corrected chi connectivity index (χ2v) is 3.56. The zero-order chi connectivity index (χ0) is 9.68. The van der Waals surface area contributed by atoms with Crippen LogP contribution in [0.25, 0.3) is 0 Å². The Bertz CT molecular complexity index is 243. The first-order chi connectivity index (χ1) is 6.25. The fraction of sp³-hybridized carbons (Fsp3) is 0.700. The van der Waals surface area contributed by atoms with Crippen LogP contribution in [-0.4, -0.2) is 21.3 Å². The SMILES string of the molecule is CC(C)c1nccn1CCCCO. The molecule has 0 saturated heterocycles. The molecule has 1 aromatic rings. The summed E-state index contributed by atoms with van der Waals surface area (Å²) in [5.74, 6) is 1.61. The van der Waals surface area contributed by atoms with Crippen LogP contribution in [0.5, 0.6) is 0 Å². The van der Waals surface area contributed by atoms with Gasteiger partial charge in [-0.3, -0.25) is 0 Å². The van der Waals surface area contributed by atoms with Crippen LogP contribution in [-0.2, 0) is 6.54 Å². The second-order valence-electron chi connectivity index (χ2n) is 3.56. The van der Waals surface area contributed by atoms with Gasteiger partial charge in [0.15, 0.2) is 0 Å². The van der Waals surface area contributed by atoms with Gasteiger partial charge in [-0.25, -0.2) is 4.98 Å². The van der Waals surface area contributed by atoms with E-state index < -0.39 is 0 Å². The Labute approximate surface area is 79.4 Å². The molecule has 1 N–H and O–H groups in total. The van der Waals surface area contributed by atoms with Crippen LogP contribution in [0.15, 0.2) is 12.4 Å². The molecule has 0 atom stereocenters. The van der Waals surface area contributed by atoms with Crippen molar-refractivity contribution in [1.29, 1.82) is 0 Å². The lowest BCUT2D eigenvalue weighted by Gasteiger charge is -2.09. The predicted molar refractivity (Wildman–Crippen MR) is 52.6 cm³/mol. The minimum absolute atomic E-state index is 0.283. The van der Waals surface area contributed by atoms with E-state index >= 15 is 0 Å². The summed E-state index contributed by atoms with van der Waals surface area (Å²) in [6.07, 6.45) is 5.74. The molecule has 1 aromatic heterocycles. The minimum Gasteiger partial charge on any atom is -0.396 e. The lowest BCUT2D eigenvalue weighted by Crippen LogP contribution is -2.05. The minimum atomic E-state index is 0.283.